The molecule has 9 heteroatoms. The number of carbonyl (C=O) groups is 2. The maximum Gasteiger partial charge on any atom is 0.288 e. The van der Waals surface area contributed by atoms with Crippen LogP contribution in [-0.2, 0) is 0 Å². The fourth-order valence-electron chi connectivity index (χ4n) is 3.50. The molecule has 2 heterocycles. The number of carbonyl (C=O) groups excluding carboxylic acids is 2. The molecule has 7 nitrogen and oxygen atoms in total. The van der Waals surface area contributed by atoms with Gasteiger partial charge in [-0.15, -0.1) is 0 Å². The number of halogens is 2. The number of hydrogen-bond acceptors (Lipinski definition) is 3. The summed E-state index contributed by atoms with van der Waals surface area (Å²) in [7, 11) is 0. The van der Waals surface area contributed by atoms with E-state index in [1.165, 1.54) is 53.5 Å². The van der Waals surface area contributed by atoms with Crippen molar-refractivity contribution in [3.8, 4) is 11.4 Å². The summed E-state index contributed by atoms with van der Waals surface area (Å²) < 4.78 is 29.7. The quantitative estimate of drug-likeness (QED) is 0.481. The number of benzene rings is 2. The second-order valence-corrected chi connectivity index (χ2v) is 7.13. The largest absolute Gasteiger partial charge is 0.318 e. The number of rotatable bonds is 4. The predicted molar refractivity (Wildman–Crippen MR) is 114 cm³/mol. The van der Waals surface area contributed by atoms with Crippen LogP contribution in [0.1, 0.15) is 32.2 Å². The molecule has 0 spiro atoms. The standard InChI is InChI=1S/C23H19F2N5O2/c1-14-11-20(15(2)30(14)19-9-5-17(25)6-10-19)22(31)27-28-23(32)21-12-26-13-29(21)18-7-3-16(24)4-8-18/h3-13H,1-2H3,(H,27,31)(H,28,32). The molecular formula is C23H19F2N5O2. The first-order chi connectivity index (χ1) is 15.3. The second-order valence-electron chi connectivity index (χ2n) is 7.13. The molecule has 4 aromatic rings. The van der Waals surface area contributed by atoms with Gasteiger partial charge in [-0.3, -0.25) is 25.0 Å². The Labute approximate surface area is 182 Å². The fourth-order valence-corrected chi connectivity index (χ4v) is 3.50. The molecule has 0 fully saturated rings. The molecule has 0 saturated heterocycles. The van der Waals surface area contributed by atoms with Gasteiger partial charge in [0.2, 0.25) is 0 Å². The molecule has 2 N–H and O–H groups in total. The number of nitrogens with zero attached hydrogens (tertiary/aromatic N) is 3. The third-order valence-corrected chi connectivity index (χ3v) is 5.03. The van der Waals surface area contributed by atoms with Crippen LogP contribution in [0.2, 0.25) is 0 Å². The minimum absolute atomic E-state index is 0.161. The second kappa shape index (κ2) is 8.46. The lowest BCUT2D eigenvalue weighted by Crippen LogP contribution is -2.42. The van der Waals surface area contributed by atoms with Crippen molar-refractivity contribution in [1.29, 1.82) is 0 Å². The van der Waals surface area contributed by atoms with Crippen LogP contribution in [0, 0.1) is 25.5 Å². The Hall–Kier alpha value is -4.27. The lowest BCUT2D eigenvalue weighted by Gasteiger charge is -2.11. The molecule has 0 radical (unpaired) electrons. The van der Waals surface area contributed by atoms with E-state index in [1.807, 2.05) is 11.5 Å². The third kappa shape index (κ3) is 4.00. The number of imidazole rings is 1. The van der Waals surface area contributed by atoms with E-state index in [9.17, 15) is 18.4 Å². The zero-order valence-corrected chi connectivity index (χ0v) is 17.3. The van der Waals surface area contributed by atoms with E-state index in [2.05, 4.69) is 15.8 Å². The molecule has 2 aromatic carbocycles. The summed E-state index contributed by atoms with van der Waals surface area (Å²) in [6.07, 6.45) is 2.76. The van der Waals surface area contributed by atoms with E-state index >= 15 is 0 Å². The van der Waals surface area contributed by atoms with Crippen LogP contribution in [0.4, 0.5) is 8.78 Å². The Morgan fingerprint density at radius 3 is 2.03 bits per heavy atom. The highest BCUT2D eigenvalue weighted by Gasteiger charge is 2.19. The van der Waals surface area contributed by atoms with Gasteiger partial charge in [-0.05, 0) is 68.4 Å². The monoisotopic (exact) mass is 435 g/mol. The third-order valence-electron chi connectivity index (χ3n) is 5.03. The van der Waals surface area contributed by atoms with Gasteiger partial charge >= 0.3 is 0 Å². The number of hydrazine groups is 1. The highest BCUT2D eigenvalue weighted by atomic mass is 19.1. The highest BCUT2D eigenvalue weighted by molar-refractivity contribution is 5.99. The van der Waals surface area contributed by atoms with E-state index in [-0.39, 0.29) is 11.5 Å². The number of aromatic nitrogens is 3. The topological polar surface area (TPSA) is 81.0 Å². The van der Waals surface area contributed by atoms with E-state index in [0.29, 0.717) is 22.6 Å². The van der Waals surface area contributed by atoms with Gasteiger partial charge < -0.3 is 4.57 Å². The first-order valence-corrected chi connectivity index (χ1v) is 9.69. The molecule has 162 valence electrons. The van der Waals surface area contributed by atoms with Crippen LogP contribution in [0.5, 0.6) is 0 Å². The Morgan fingerprint density at radius 1 is 0.844 bits per heavy atom. The van der Waals surface area contributed by atoms with Crippen molar-refractivity contribution in [2.24, 2.45) is 0 Å². The zero-order valence-electron chi connectivity index (χ0n) is 17.3. The molecule has 4 rings (SSSR count). The van der Waals surface area contributed by atoms with Crippen LogP contribution in [-0.4, -0.2) is 25.9 Å². The number of nitrogens with one attached hydrogen (secondary N) is 2. The normalized spacial score (nSPS) is 10.8. The van der Waals surface area contributed by atoms with E-state index in [1.54, 1.807) is 25.1 Å². The summed E-state index contributed by atoms with van der Waals surface area (Å²) in [4.78, 5) is 29.3. The molecule has 0 saturated carbocycles. The van der Waals surface area contributed by atoms with Gasteiger partial charge in [-0.1, -0.05) is 0 Å². The van der Waals surface area contributed by atoms with Gasteiger partial charge in [0.05, 0.1) is 18.1 Å². The Morgan fingerprint density at radius 2 is 1.41 bits per heavy atom. The Bertz CT molecular complexity index is 1290. The molecule has 0 unspecified atom stereocenters. The smallest absolute Gasteiger partial charge is 0.288 e. The summed E-state index contributed by atoms with van der Waals surface area (Å²) >= 11 is 0. The van der Waals surface area contributed by atoms with Gasteiger partial charge in [0.15, 0.2) is 0 Å². The highest BCUT2D eigenvalue weighted by Crippen LogP contribution is 2.21. The van der Waals surface area contributed by atoms with Crippen LogP contribution in [0.25, 0.3) is 11.4 Å². The fraction of sp³-hybridized carbons (Fsp3) is 0.0870. The maximum absolute atomic E-state index is 13.2. The minimum Gasteiger partial charge on any atom is -0.318 e. The molecule has 0 aliphatic carbocycles. The molecule has 0 bridgehead atoms. The van der Waals surface area contributed by atoms with Gasteiger partial charge in [0, 0.05) is 22.8 Å². The first-order valence-electron chi connectivity index (χ1n) is 9.69. The predicted octanol–water partition coefficient (Wildman–Crippen LogP) is 3.63. The molecule has 0 aliphatic rings. The van der Waals surface area contributed by atoms with Gasteiger partial charge in [-0.25, -0.2) is 13.8 Å². The van der Waals surface area contributed by atoms with Crippen LogP contribution in [0.3, 0.4) is 0 Å². The molecular weight excluding hydrogens is 416 g/mol. The molecule has 0 atom stereocenters. The summed E-state index contributed by atoms with van der Waals surface area (Å²) in [5.41, 5.74) is 7.97. The molecule has 2 aromatic heterocycles. The first kappa shape index (κ1) is 21.0. The maximum atomic E-state index is 13.2. The summed E-state index contributed by atoms with van der Waals surface area (Å²) in [5, 5.41) is 0. The van der Waals surface area contributed by atoms with Gasteiger partial charge in [0.25, 0.3) is 11.8 Å². The van der Waals surface area contributed by atoms with Gasteiger partial charge in [-0.2, -0.15) is 0 Å². The zero-order chi connectivity index (χ0) is 22.8. The van der Waals surface area contributed by atoms with E-state index < -0.39 is 17.6 Å². The Kier molecular flexibility index (Phi) is 5.55. The molecule has 0 aliphatic heterocycles. The van der Waals surface area contributed by atoms with E-state index in [0.717, 1.165) is 5.69 Å². The van der Waals surface area contributed by atoms with Crippen LogP contribution < -0.4 is 10.9 Å². The number of amides is 2. The Balaban J connectivity index is 1.50. The van der Waals surface area contributed by atoms with Crippen molar-refractivity contribution in [2.75, 3.05) is 0 Å². The minimum atomic E-state index is -0.590. The van der Waals surface area contributed by atoms with Crippen molar-refractivity contribution >= 4 is 11.8 Å². The molecule has 32 heavy (non-hydrogen) atoms. The van der Waals surface area contributed by atoms with Crippen molar-refractivity contribution < 1.29 is 18.4 Å². The van der Waals surface area contributed by atoms with Crippen molar-refractivity contribution in [1.82, 2.24) is 25.0 Å². The average Bonchev–Trinajstić information content (AvgIpc) is 3.38. The summed E-state index contributed by atoms with van der Waals surface area (Å²) in [5.74, 6) is -1.85. The lowest BCUT2D eigenvalue weighted by atomic mass is 10.2. The van der Waals surface area contributed by atoms with Crippen LogP contribution in [0.15, 0.2) is 67.1 Å². The average molecular weight is 435 g/mol. The lowest BCUT2D eigenvalue weighted by molar-refractivity contribution is 0.0842. The SMILES string of the molecule is Cc1cc(C(=O)NNC(=O)c2cncn2-c2ccc(F)cc2)c(C)n1-c1ccc(F)cc1. The number of aryl methyl sites for hydroxylation is 1. The van der Waals surface area contributed by atoms with Crippen molar-refractivity contribution in [3.63, 3.8) is 0 Å². The number of hydrogen-bond donors (Lipinski definition) is 2. The van der Waals surface area contributed by atoms with Crippen molar-refractivity contribution in [3.05, 3.63) is 101 Å². The molecule has 2 amide bonds. The summed E-state index contributed by atoms with van der Waals surface area (Å²) in [6.45, 7) is 3.59. The van der Waals surface area contributed by atoms with Crippen LogP contribution >= 0.6 is 0 Å². The summed E-state index contributed by atoms with van der Waals surface area (Å²) in [6, 6.07) is 13.2. The van der Waals surface area contributed by atoms with E-state index in [4.69, 9.17) is 0 Å². The van der Waals surface area contributed by atoms with Crippen molar-refractivity contribution in [2.45, 2.75) is 13.8 Å². The van der Waals surface area contributed by atoms with Gasteiger partial charge in [0.1, 0.15) is 17.3 Å².